The van der Waals surface area contributed by atoms with Crippen LogP contribution in [0.1, 0.15) is 0 Å². The van der Waals surface area contributed by atoms with E-state index in [1.807, 2.05) is 35.7 Å². The van der Waals surface area contributed by atoms with Gasteiger partial charge in [-0.25, -0.2) is 4.98 Å². The third kappa shape index (κ3) is 6.50. The monoisotopic (exact) mass is 721 g/mol. The quantitative estimate of drug-likeness (QED) is 0.156. The zero-order valence-electron chi connectivity index (χ0n) is 30.0. The van der Waals surface area contributed by atoms with E-state index in [-0.39, 0.29) is 0 Å². The van der Waals surface area contributed by atoms with Gasteiger partial charge in [-0.1, -0.05) is 140 Å². The van der Waals surface area contributed by atoms with Gasteiger partial charge in [-0.2, -0.15) is 0 Å². The molecule has 3 heterocycles. The van der Waals surface area contributed by atoms with Gasteiger partial charge in [0.2, 0.25) is 0 Å². The lowest BCUT2D eigenvalue weighted by molar-refractivity contribution is 1.19. The molecule has 0 aliphatic carbocycles. The highest BCUT2D eigenvalue weighted by atomic mass is 32.1. The molecule has 7 aromatic carbocycles. The van der Waals surface area contributed by atoms with Crippen LogP contribution in [0.15, 0.2) is 213 Å². The minimum atomic E-state index is 0.939. The third-order valence-corrected chi connectivity index (χ3v) is 11.5. The highest BCUT2D eigenvalue weighted by Gasteiger charge is 2.15. The lowest BCUT2D eigenvalue weighted by Gasteiger charge is -2.26. The van der Waals surface area contributed by atoms with Gasteiger partial charge in [0, 0.05) is 44.6 Å². The number of nitrogens with zero attached hydrogens (tertiary/aromatic N) is 3. The summed E-state index contributed by atoms with van der Waals surface area (Å²) in [6, 6.07) is 71.7. The van der Waals surface area contributed by atoms with E-state index in [1.165, 1.54) is 53.9 Å². The molecule has 0 saturated heterocycles. The fourth-order valence-corrected chi connectivity index (χ4v) is 8.41. The fraction of sp³-hybridized carbons (Fsp3) is 0. The van der Waals surface area contributed by atoms with Crippen molar-refractivity contribution in [2.75, 3.05) is 4.90 Å². The van der Waals surface area contributed by atoms with Crippen molar-refractivity contribution in [3.63, 3.8) is 0 Å². The number of pyridine rings is 1. The maximum atomic E-state index is 4.85. The Morgan fingerprint density at radius 1 is 0.400 bits per heavy atom. The minimum absolute atomic E-state index is 0.939. The smallest absolute Gasteiger partial charge is 0.137 e. The number of benzene rings is 7. The molecule has 0 aliphatic rings. The van der Waals surface area contributed by atoms with Crippen LogP contribution in [0.4, 0.5) is 17.1 Å². The van der Waals surface area contributed by atoms with Crippen molar-refractivity contribution in [2.45, 2.75) is 0 Å². The third-order valence-electron chi connectivity index (χ3n) is 10.3. The summed E-state index contributed by atoms with van der Waals surface area (Å²) in [6.45, 7) is 0. The first-order valence-corrected chi connectivity index (χ1v) is 19.3. The summed E-state index contributed by atoms with van der Waals surface area (Å²) in [5.41, 5.74) is 14.7. The summed E-state index contributed by atoms with van der Waals surface area (Å²) < 4.78 is 3.37. The average molecular weight is 722 g/mol. The first kappa shape index (κ1) is 32.6. The van der Waals surface area contributed by atoms with E-state index < -0.39 is 0 Å². The molecule has 0 atom stereocenters. The number of imidazole rings is 1. The molecule has 0 amide bonds. The second-order valence-electron chi connectivity index (χ2n) is 13.7. The summed E-state index contributed by atoms with van der Waals surface area (Å²) in [4.78, 5) is 8.46. The number of hydrogen-bond acceptors (Lipinski definition) is 3. The molecule has 260 valence electrons. The minimum Gasteiger partial charge on any atom is -0.311 e. The first-order valence-electron chi connectivity index (χ1n) is 18.5. The highest BCUT2D eigenvalue weighted by molar-refractivity contribution is 7.22. The zero-order valence-corrected chi connectivity index (χ0v) is 30.8. The number of fused-ring (bicyclic) bond motifs is 2. The van der Waals surface area contributed by atoms with Crippen molar-refractivity contribution in [1.29, 1.82) is 0 Å². The Bertz CT molecular complexity index is 2690. The van der Waals surface area contributed by atoms with Gasteiger partial charge >= 0.3 is 0 Å². The van der Waals surface area contributed by atoms with Crippen molar-refractivity contribution in [2.24, 2.45) is 0 Å². The second kappa shape index (κ2) is 14.1. The molecule has 55 heavy (non-hydrogen) atoms. The number of hydrogen-bond donors (Lipinski definition) is 0. The van der Waals surface area contributed by atoms with Crippen molar-refractivity contribution in [1.82, 2.24) is 9.38 Å². The van der Waals surface area contributed by atoms with E-state index in [4.69, 9.17) is 4.98 Å². The summed E-state index contributed by atoms with van der Waals surface area (Å²) in [5.74, 6) is 0. The molecule has 4 heteroatoms. The van der Waals surface area contributed by atoms with Crippen LogP contribution in [-0.2, 0) is 0 Å². The lowest BCUT2D eigenvalue weighted by atomic mass is 9.98. The molecular formula is C51H35N3S. The molecule has 0 unspecified atom stereocenters. The predicted molar refractivity (Wildman–Crippen MR) is 232 cm³/mol. The number of thiophene rings is 1. The summed E-state index contributed by atoms with van der Waals surface area (Å²) in [6.07, 6.45) is 4.12. The van der Waals surface area contributed by atoms with Crippen LogP contribution in [0.2, 0.25) is 0 Å². The topological polar surface area (TPSA) is 20.5 Å². The fourth-order valence-electron chi connectivity index (χ4n) is 7.34. The molecule has 10 aromatic rings. The predicted octanol–water partition coefficient (Wildman–Crippen LogP) is 14.4. The van der Waals surface area contributed by atoms with Crippen LogP contribution in [0, 0.1) is 0 Å². The van der Waals surface area contributed by atoms with Crippen molar-refractivity contribution < 1.29 is 0 Å². The summed E-state index contributed by atoms with van der Waals surface area (Å²) >= 11 is 1.84. The van der Waals surface area contributed by atoms with Crippen molar-refractivity contribution >= 4 is 44.1 Å². The molecule has 0 fully saturated rings. The van der Waals surface area contributed by atoms with E-state index in [0.717, 1.165) is 34.0 Å². The van der Waals surface area contributed by atoms with Gasteiger partial charge < -0.3 is 9.30 Å². The SMILES string of the molecule is c1ccc(-c2ccc(-c3ccc(-c4ccc(N(c5ccc(-c6cn7ccccc7n6)cc5)c5ccc(-c6cc7ccccc7s6)cc5)cc4)cc3)cc2)cc1. The largest absolute Gasteiger partial charge is 0.311 e. The molecular weight excluding hydrogens is 687 g/mol. The van der Waals surface area contributed by atoms with E-state index in [9.17, 15) is 0 Å². The van der Waals surface area contributed by atoms with Crippen LogP contribution in [-0.4, -0.2) is 9.38 Å². The number of aromatic nitrogens is 2. The zero-order chi connectivity index (χ0) is 36.6. The second-order valence-corrected chi connectivity index (χ2v) is 14.8. The van der Waals surface area contributed by atoms with E-state index in [1.54, 1.807) is 0 Å². The Hall–Kier alpha value is -7.01. The maximum absolute atomic E-state index is 4.85. The van der Waals surface area contributed by atoms with Gasteiger partial charge in [0.1, 0.15) is 5.65 Å². The highest BCUT2D eigenvalue weighted by Crippen LogP contribution is 2.39. The van der Waals surface area contributed by atoms with Gasteiger partial charge in [-0.05, 0) is 105 Å². The normalized spacial score (nSPS) is 11.3. The molecule has 0 radical (unpaired) electrons. The lowest BCUT2D eigenvalue weighted by Crippen LogP contribution is -2.09. The maximum Gasteiger partial charge on any atom is 0.137 e. The molecule has 0 bridgehead atoms. The van der Waals surface area contributed by atoms with E-state index in [0.29, 0.717) is 0 Å². The summed E-state index contributed by atoms with van der Waals surface area (Å²) in [5, 5.41) is 1.28. The van der Waals surface area contributed by atoms with Crippen molar-refractivity contribution in [3.05, 3.63) is 213 Å². The van der Waals surface area contributed by atoms with Crippen LogP contribution in [0.25, 0.3) is 70.8 Å². The molecule has 0 spiro atoms. The van der Waals surface area contributed by atoms with Crippen LogP contribution in [0.5, 0.6) is 0 Å². The molecule has 10 rings (SSSR count). The van der Waals surface area contributed by atoms with E-state index >= 15 is 0 Å². The van der Waals surface area contributed by atoms with Gasteiger partial charge in [-0.3, -0.25) is 0 Å². The molecule has 0 saturated carbocycles. The molecule has 3 aromatic heterocycles. The Morgan fingerprint density at radius 2 is 0.855 bits per heavy atom. The van der Waals surface area contributed by atoms with Gasteiger partial charge in [0.25, 0.3) is 0 Å². The first-order chi connectivity index (χ1) is 27.2. The summed E-state index contributed by atoms with van der Waals surface area (Å²) in [7, 11) is 0. The van der Waals surface area contributed by atoms with Crippen LogP contribution < -0.4 is 4.90 Å². The van der Waals surface area contributed by atoms with Gasteiger partial charge in [0.15, 0.2) is 0 Å². The number of rotatable bonds is 8. The van der Waals surface area contributed by atoms with Crippen LogP contribution >= 0.6 is 11.3 Å². The van der Waals surface area contributed by atoms with Gasteiger partial charge in [-0.15, -0.1) is 11.3 Å². The Kier molecular flexibility index (Phi) is 8.36. The molecule has 3 nitrogen and oxygen atoms in total. The molecule has 0 aliphatic heterocycles. The average Bonchev–Trinajstić information content (AvgIpc) is 3.90. The van der Waals surface area contributed by atoms with Gasteiger partial charge in [0.05, 0.1) is 5.69 Å². The van der Waals surface area contributed by atoms with Crippen molar-refractivity contribution in [3.8, 4) is 55.1 Å². The number of anilines is 3. The molecule has 0 N–H and O–H groups in total. The van der Waals surface area contributed by atoms with Crippen LogP contribution in [0.3, 0.4) is 0 Å². The standard InChI is InChI=1S/C51H35N3S/c1-2-8-36(9-3-1)37-13-15-38(16-14-37)39-17-19-40(20-18-39)41-21-27-45(28-22-41)54(46-29-23-42(24-30-46)48-35-53-33-7-6-12-51(53)52-48)47-31-25-43(26-32-47)50-34-44-10-4-5-11-49(44)55-50/h1-35H. The van der Waals surface area contributed by atoms with E-state index in [2.05, 4.69) is 197 Å². The Labute approximate surface area is 324 Å². The Balaban J connectivity index is 0.948. The Morgan fingerprint density at radius 3 is 1.40 bits per heavy atom.